The fraction of sp³-hybridized carbons (Fsp3) is 0.136. The van der Waals surface area contributed by atoms with Crippen LogP contribution in [0.5, 0.6) is 0 Å². The lowest BCUT2D eigenvalue weighted by molar-refractivity contribution is -0.142. The summed E-state index contributed by atoms with van der Waals surface area (Å²) in [5.74, 6) is -0.610. The summed E-state index contributed by atoms with van der Waals surface area (Å²) in [5, 5.41) is 5.38. The van der Waals surface area contributed by atoms with Crippen LogP contribution in [0.4, 0.5) is 4.39 Å². The molecule has 0 fully saturated rings. The average molecular weight is 332 g/mol. The summed E-state index contributed by atoms with van der Waals surface area (Å²) in [6.45, 7) is 3.57. The van der Waals surface area contributed by atoms with E-state index < -0.39 is 0 Å². The number of esters is 1. The van der Waals surface area contributed by atoms with Gasteiger partial charge in [0.1, 0.15) is 12.4 Å². The second kappa shape index (κ2) is 5.85. The second-order valence-electron chi connectivity index (χ2n) is 6.26. The number of halogens is 1. The van der Waals surface area contributed by atoms with Crippen LogP contribution >= 0.6 is 0 Å². The Labute approximate surface area is 144 Å². The molecule has 0 aromatic heterocycles. The van der Waals surface area contributed by atoms with Gasteiger partial charge >= 0.3 is 5.97 Å². The summed E-state index contributed by atoms with van der Waals surface area (Å²) < 4.78 is 20.0. The first kappa shape index (κ1) is 15.6. The van der Waals surface area contributed by atoms with Gasteiger partial charge in [0.15, 0.2) is 0 Å². The van der Waals surface area contributed by atoms with Crippen molar-refractivity contribution >= 4 is 38.3 Å². The molecule has 0 atom stereocenters. The molecule has 2 nitrogen and oxygen atoms in total. The highest BCUT2D eigenvalue weighted by molar-refractivity contribution is 6.16. The first-order valence-electron chi connectivity index (χ1n) is 8.22. The summed E-state index contributed by atoms with van der Waals surface area (Å²) >= 11 is 0. The van der Waals surface area contributed by atoms with Gasteiger partial charge in [-0.15, -0.1) is 0 Å². The topological polar surface area (TPSA) is 26.3 Å². The molecular weight excluding hydrogens is 315 g/mol. The maximum absolute atomic E-state index is 14.7. The minimum Gasteiger partial charge on any atom is -0.461 e. The Morgan fingerprint density at radius 3 is 2.20 bits per heavy atom. The summed E-state index contributed by atoms with van der Waals surface area (Å²) in [6, 6.07) is 17.0. The zero-order valence-corrected chi connectivity index (χ0v) is 14.1. The Morgan fingerprint density at radius 2 is 1.52 bits per heavy atom. The smallest absolute Gasteiger partial charge is 0.302 e. The van der Waals surface area contributed by atoms with Gasteiger partial charge in [-0.05, 0) is 45.5 Å². The van der Waals surface area contributed by atoms with Gasteiger partial charge in [0.05, 0.1) is 0 Å². The molecule has 3 heteroatoms. The maximum Gasteiger partial charge on any atom is 0.302 e. The van der Waals surface area contributed by atoms with Crippen LogP contribution in [0.1, 0.15) is 18.1 Å². The summed E-state index contributed by atoms with van der Waals surface area (Å²) in [5.41, 5.74) is 1.95. The molecule has 25 heavy (non-hydrogen) atoms. The first-order valence-corrected chi connectivity index (χ1v) is 8.22. The van der Waals surface area contributed by atoms with Crippen molar-refractivity contribution in [2.45, 2.75) is 20.5 Å². The number of aryl methyl sites for hydroxylation is 1. The van der Waals surface area contributed by atoms with Gasteiger partial charge in [0, 0.05) is 17.9 Å². The van der Waals surface area contributed by atoms with Crippen molar-refractivity contribution in [1.29, 1.82) is 0 Å². The van der Waals surface area contributed by atoms with Crippen LogP contribution in [0.25, 0.3) is 32.3 Å². The summed E-state index contributed by atoms with van der Waals surface area (Å²) in [7, 11) is 0. The molecule has 4 aromatic rings. The third kappa shape index (κ3) is 2.43. The van der Waals surface area contributed by atoms with E-state index in [2.05, 4.69) is 13.0 Å². The number of rotatable bonds is 2. The first-order chi connectivity index (χ1) is 12.1. The van der Waals surface area contributed by atoms with E-state index in [4.69, 9.17) is 4.74 Å². The number of hydrogen-bond donors (Lipinski definition) is 0. The lowest BCUT2D eigenvalue weighted by atomic mass is 9.89. The number of fused-ring (bicyclic) bond motifs is 4. The van der Waals surface area contributed by atoms with E-state index in [1.54, 1.807) is 12.1 Å². The standard InChI is InChI=1S/C22H17FO2/c1-13-15-7-3-4-8-16(15)20(12-25-14(2)24)19-11-21(23)17-9-5-6-10-18(17)22(13)19/h3-11H,12H2,1-2H3. The van der Waals surface area contributed by atoms with Crippen LogP contribution in [0.15, 0.2) is 54.6 Å². The van der Waals surface area contributed by atoms with Crippen LogP contribution in [0, 0.1) is 12.7 Å². The van der Waals surface area contributed by atoms with Crippen molar-refractivity contribution in [2.24, 2.45) is 0 Å². The molecule has 0 saturated carbocycles. The fourth-order valence-corrected chi connectivity index (χ4v) is 3.66. The molecule has 0 N–H and O–H groups in total. The molecule has 0 bridgehead atoms. The SMILES string of the molecule is CC(=O)OCc1c2ccccc2c(C)c2c1cc(F)c1ccccc12. The van der Waals surface area contributed by atoms with Gasteiger partial charge in [-0.3, -0.25) is 4.79 Å². The number of carbonyl (C=O) groups is 1. The van der Waals surface area contributed by atoms with E-state index in [0.717, 1.165) is 38.1 Å². The van der Waals surface area contributed by atoms with Gasteiger partial charge in [-0.1, -0.05) is 48.5 Å². The van der Waals surface area contributed by atoms with Gasteiger partial charge in [0.25, 0.3) is 0 Å². The van der Waals surface area contributed by atoms with Crippen LogP contribution in [-0.4, -0.2) is 5.97 Å². The number of benzene rings is 4. The fourth-order valence-electron chi connectivity index (χ4n) is 3.66. The van der Waals surface area contributed by atoms with Crippen molar-refractivity contribution in [3.63, 3.8) is 0 Å². The molecule has 0 amide bonds. The van der Waals surface area contributed by atoms with Crippen LogP contribution in [0.2, 0.25) is 0 Å². The molecule has 0 aliphatic heterocycles. The molecule has 124 valence electrons. The predicted molar refractivity (Wildman–Crippen MR) is 99.1 cm³/mol. The van der Waals surface area contributed by atoms with Gasteiger partial charge in [0.2, 0.25) is 0 Å². The highest BCUT2D eigenvalue weighted by atomic mass is 19.1. The third-order valence-electron chi connectivity index (χ3n) is 4.77. The molecule has 0 saturated heterocycles. The summed E-state index contributed by atoms with van der Waals surface area (Å²) in [6.07, 6.45) is 0. The number of carbonyl (C=O) groups excluding carboxylic acids is 1. The molecule has 0 aliphatic carbocycles. The molecule has 4 aromatic carbocycles. The molecule has 0 aliphatic rings. The predicted octanol–water partition coefficient (Wildman–Crippen LogP) is 5.66. The Balaban J connectivity index is 2.22. The Kier molecular flexibility index (Phi) is 3.65. The summed E-state index contributed by atoms with van der Waals surface area (Å²) in [4.78, 5) is 11.3. The van der Waals surface area contributed by atoms with Crippen molar-refractivity contribution in [3.05, 3.63) is 71.5 Å². The quantitative estimate of drug-likeness (QED) is 0.269. The molecule has 0 radical (unpaired) electrons. The molecule has 4 rings (SSSR count). The van der Waals surface area contributed by atoms with E-state index in [1.807, 2.05) is 36.4 Å². The van der Waals surface area contributed by atoms with E-state index in [9.17, 15) is 9.18 Å². The van der Waals surface area contributed by atoms with Gasteiger partial charge < -0.3 is 4.74 Å². The third-order valence-corrected chi connectivity index (χ3v) is 4.77. The lowest BCUT2D eigenvalue weighted by Gasteiger charge is -2.17. The lowest BCUT2D eigenvalue weighted by Crippen LogP contribution is -2.02. The van der Waals surface area contributed by atoms with Crippen molar-refractivity contribution in [3.8, 4) is 0 Å². The Hall–Kier alpha value is -2.94. The van der Waals surface area contributed by atoms with E-state index in [1.165, 1.54) is 6.92 Å². The van der Waals surface area contributed by atoms with E-state index in [0.29, 0.717) is 5.39 Å². The molecule has 0 unspecified atom stereocenters. The van der Waals surface area contributed by atoms with Crippen LogP contribution < -0.4 is 0 Å². The average Bonchev–Trinajstić information content (AvgIpc) is 2.61. The normalized spacial score (nSPS) is 11.3. The largest absolute Gasteiger partial charge is 0.461 e. The minimum absolute atomic E-state index is 0.129. The molecule has 0 spiro atoms. The van der Waals surface area contributed by atoms with Crippen molar-refractivity contribution in [1.82, 2.24) is 0 Å². The van der Waals surface area contributed by atoms with Crippen LogP contribution in [0.3, 0.4) is 0 Å². The number of ether oxygens (including phenoxy) is 1. The maximum atomic E-state index is 14.7. The van der Waals surface area contributed by atoms with Crippen molar-refractivity contribution < 1.29 is 13.9 Å². The zero-order valence-electron chi connectivity index (χ0n) is 14.1. The highest BCUT2D eigenvalue weighted by Gasteiger charge is 2.16. The zero-order chi connectivity index (χ0) is 17.6. The highest BCUT2D eigenvalue weighted by Crippen LogP contribution is 2.38. The Bertz CT molecular complexity index is 1150. The van der Waals surface area contributed by atoms with E-state index >= 15 is 0 Å². The van der Waals surface area contributed by atoms with E-state index in [-0.39, 0.29) is 18.4 Å². The van der Waals surface area contributed by atoms with Gasteiger partial charge in [-0.25, -0.2) is 4.39 Å². The Morgan fingerprint density at radius 1 is 0.920 bits per heavy atom. The minimum atomic E-state index is -0.348. The van der Waals surface area contributed by atoms with Crippen LogP contribution in [-0.2, 0) is 16.1 Å². The van der Waals surface area contributed by atoms with Crippen molar-refractivity contribution in [2.75, 3.05) is 0 Å². The monoisotopic (exact) mass is 332 g/mol. The molecule has 0 heterocycles. The second-order valence-corrected chi connectivity index (χ2v) is 6.26. The van der Waals surface area contributed by atoms with Gasteiger partial charge in [-0.2, -0.15) is 0 Å². The molecular formula is C22H17FO2. The number of hydrogen-bond acceptors (Lipinski definition) is 2.